The molecule has 0 aliphatic carbocycles. The van der Waals surface area contributed by atoms with Crippen molar-refractivity contribution in [1.82, 2.24) is 0 Å². The van der Waals surface area contributed by atoms with E-state index in [1.54, 1.807) is 14.2 Å². The molecule has 78 valence electrons. The van der Waals surface area contributed by atoms with Gasteiger partial charge in [0, 0.05) is 14.2 Å². The minimum atomic E-state index is 0. The number of ether oxygens (including phenoxy) is 2. The van der Waals surface area contributed by atoms with Crippen LogP contribution in [0.1, 0.15) is 32.6 Å². The molecule has 0 aromatic rings. The van der Waals surface area contributed by atoms with Crippen LogP contribution in [0, 0.1) is 0 Å². The fraction of sp³-hybridized carbons (Fsp3) is 1.00. The summed E-state index contributed by atoms with van der Waals surface area (Å²) in [6, 6.07) is 0. The molecular formula is C8H18Br2MgO2. The van der Waals surface area contributed by atoms with Crippen LogP contribution in [0.3, 0.4) is 0 Å². The summed E-state index contributed by atoms with van der Waals surface area (Å²) in [5.74, 6) is 0. The molecule has 0 unspecified atom stereocenters. The first kappa shape index (κ1) is 24.1. The number of rotatable bonds is 6. The van der Waals surface area contributed by atoms with E-state index < -0.39 is 0 Å². The fourth-order valence-electron chi connectivity index (χ4n) is 0.893. The maximum Gasteiger partial charge on any atom is 2.00 e. The summed E-state index contributed by atoms with van der Waals surface area (Å²) in [4.78, 5) is 0. The predicted molar refractivity (Wildman–Crippen MR) is 47.7 cm³/mol. The van der Waals surface area contributed by atoms with Gasteiger partial charge in [-0.25, -0.2) is 0 Å². The number of hydrogen-bond acceptors (Lipinski definition) is 2. The molecule has 0 aliphatic rings. The molecule has 2 nitrogen and oxygen atoms in total. The molecule has 0 heterocycles. The van der Waals surface area contributed by atoms with Crippen LogP contribution in [-0.2, 0) is 9.47 Å². The van der Waals surface area contributed by atoms with Crippen molar-refractivity contribution in [2.45, 2.75) is 38.9 Å². The Kier molecular flexibility index (Phi) is 35.6. The van der Waals surface area contributed by atoms with E-state index in [1.807, 2.05) is 0 Å². The molecule has 0 N–H and O–H groups in total. The zero-order valence-electron chi connectivity index (χ0n) is 8.69. The van der Waals surface area contributed by atoms with Crippen LogP contribution in [-0.4, -0.2) is 43.6 Å². The molecule has 0 spiro atoms. The number of hydrogen-bond donors (Lipinski definition) is 0. The Balaban J connectivity index is -0.000000135. The molecular weight excluding hydrogens is 312 g/mol. The van der Waals surface area contributed by atoms with Crippen molar-refractivity contribution in [3.8, 4) is 0 Å². The van der Waals surface area contributed by atoms with Crippen LogP contribution >= 0.6 is 0 Å². The van der Waals surface area contributed by atoms with E-state index >= 15 is 0 Å². The monoisotopic (exact) mass is 328 g/mol. The van der Waals surface area contributed by atoms with E-state index in [2.05, 4.69) is 6.92 Å². The van der Waals surface area contributed by atoms with Gasteiger partial charge in [-0.3, -0.25) is 0 Å². The fourth-order valence-corrected chi connectivity index (χ4v) is 0.893. The average molecular weight is 330 g/mol. The van der Waals surface area contributed by atoms with Gasteiger partial charge in [0.15, 0.2) is 6.29 Å². The number of halogens is 2. The third-order valence-electron chi connectivity index (χ3n) is 1.57. The van der Waals surface area contributed by atoms with E-state index in [0.29, 0.717) is 0 Å². The molecule has 0 saturated carbocycles. The second kappa shape index (κ2) is 19.3. The van der Waals surface area contributed by atoms with Gasteiger partial charge < -0.3 is 43.4 Å². The molecule has 0 saturated heterocycles. The quantitative estimate of drug-likeness (QED) is 0.279. The summed E-state index contributed by atoms with van der Waals surface area (Å²) >= 11 is 0. The van der Waals surface area contributed by atoms with Gasteiger partial charge in [-0.15, -0.1) is 0 Å². The number of unbranched alkanes of at least 4 members (excludes halogenated alkanes) is 2. The topological polar surface area (TPSA) is 18.5 Å². The van der Waals surface area contributed by atoms with E-state index in [9.17, 15) is 0 Å². The van der Waals surface area contributed by atoms with Gasteiger partial charge in [0.25, 0.3) is 0 Å². The molecule has 0 fully saturated rings. The normalized spacial score (nSPS) is 8.31. The molecule has 13 heavy (non-hydrogen) atoms. The summed E-state index contributed by atoms with van der Waals surface area (Å²) in [6.45, 7) is 2.19. The van der Waals surface area contributed by atoms with Crippen LogP contribution in [0.2, 0.25) is 0 Å². The van der Waals surface area contributed by atoms with Crippen LogP contribution in [0.5, 0.6) is 0 Å². The Bertz CT molecular complexity index is 73.2. The molecule has 0 amide bonds. The first-order valence-corrected chi connectivity index (χ1v) is 3.90. The maximum atomic E-state index is 5.02. The van der Waals surface area contributed by atoms with Crippen molar-refractivity contribution >= 4 is 23.1 Å². The largest absolute Gasteiger partial charge is 2.00 e. The summed E-state index contributed by atoms with van der Waals surface area (Å²) in [6.07, 6.45) is 4.74. The Morgan fingerprint density at radius 3 is 1.77 bits per heavy atom. The third kappa shape index (κ3) is 16.3. The van der Waals surface area contributed by atoms with E-state index in [-0.39, 0.29) is 63.3 Å². The molecule has 0 aromatic carbocycles. The Morgan fingerprint density at radius 1 is 1.00 bits per heavy atom. The van der Waals surface area contributed by atoms with Crippen LogP contribution in [0.4, 0.5) is 0 Å². The molecule has 5 heteroatoms. The van der Waals surface area contributed by atoms with Crippen molar-refractivity contribution in [1.29, 1.82) is 0 Å². The summed E-state index contributed by atoms with van der Waals surface area (Å²) in [5, 5.41) is 0. The van der Waals surface area contributed by atoms with Gasteiger partial charge >= 0.3 is 23.1 Å². The van der Waals surface area contributed by atoms with Crippen LogP contribution in [0.25, 0.3) is 0 Å². The summed E-state index contributed by atoms with van der Waals surface area (Å²) in [5.41, 5.74) is 0. The minimum absolute atomic E-state index is 0. The average Bonchev–Trinajstić information content (AvgIpc) is 1.99. The molecule has 0 bridgehead atoms. The molecule has 0 radical (unpaired) electrons. The molecule has 0 rings (SSSR count). The van der Waals surface area contributed by atoms with Gasteiger partial charge in [-0.2, -0.15) is 0 Å². The van der Waals surface area contributed by atoms with Crippen LogP contribution in [0.15, 0.2) is 0 Å². The molecule has 0 aromatic heterocycles. The zero-order valence-corrected chi connectivity index (χ0v) is 13.3. The molecule has 0 aliphatic heterocycles. The standard InChI is InChI=1S/C8H18O2.2BrH.Mg/c1-4-5-6-7-8(9-2)10-3;;;/h8H,4-7H2,1-3H3;2*1H;/q;;;+2/p-2. The van der Waals surface area contributed by atoms with E-state index in [1.165, 1.54) is 19.3 Å². The van der Waals surface area contributed by atoms with Crippen LogP contribution < -0.4 is 34.0 Å². The number of methoxy groups -OCH3 is 2. The van der Waals surface area contributed by atoms with Crippen molar-refractivity contribution in [2.24, 2.45) is 0 Å². The maximum absolute atomic E-state index is 5.02. The second-order valence-corrected chi connectivity index (χ2v) is 2.40. The zero-order chi connectivity index (χ0) is 7.82. The van der Waals surface area contributed by atoms with Crippen molar-refractivity contribution in [2.75, 3.05) is 14.2 Å². The first-order valence-electron chi connectivity index (χ1n) is 3.90. The van der Waals surface area contributed by atoms with Crippen molar-refractivity contribution in [3.05, 3.63) is 0 Å². The predicted octanol–water partition coefficient (Wildman–Crippen LogP) is -4.19. The van der Waals surface area contributed by atoms with Gasteiger partial charge in [0.2, 0.25) is 0 Å². The Morgan fingerprint density at radius 2 is 1.46 bits per heavy atom. The third-order valence-corrected chi connectivity index (χ3v) is 1.57. The van der Waals surface area contributed by atoms with Gasteiger partial charge in [-0.1, -0.05) is 19.8 Å². The van der Waals surface area contributed by atoms with E-state index in [0.717, 1.165) is 6.42 Å². The van der Waals surface area contributed by atoms with Gasteiger partial charge in [-0.05, 0) is 12.8 Å². The van der Waals surface area contributed by atoms with Crippen molar-refractivity contribution < 1.29 is 43.4 Å². The second-order valence-electron chi connectivity index (χ2n) is 2.40. The summed E-state index contributed by atoms with van der Waals surface area (Å²) < 4.78 is 10.0. The van der Waals surface area contributed by atoms with E-state index in [4.69, 9.17) is 9.47 Å². The Hall–Kier alpha value is 1.65. The smallest absolute Gasteiger partial charge is 1.00 e. The SMILES string of the molecule is CCCCCC(OC)OC.[Br-].[Br-].[Mg+2]. The van der Waals surface area contributed by atoms with Crippen molar-refractivity contribution in [3.63, 3.8) is 0 Å². The first-order chi connectivity index (χ1) is 4.85. The summed E-state index contributed by atoms with van der Waals surface area (Å²) in [7, 11) is 3.36. The Labute approximate surface area is 119 Å². The minimum Gasteiger partial charge on any atom is -1.00 e. The van der Waals surface area contributed by atoms with Gasteiger partial charge in [0.1, 0.15) is 0 Å². The van der Waals surface area contributed by atoms with Gasteiger partial charge in [0.05, 0.1) is 0 Å². The molecule has 0 atom stereocenters.